The van der Waals surface area contributed by atoms with Gasteiger partial charge in [0.15, 0.2) is 0 Å². The van der Waals surface area contributed by atoms with Gasteiger partial charge in [-0.2, -0.15) is 0 Å². The quantitative estimate of drug-likeness (QED) is 0.214. The molecule has 0 radical (unpaired) electrons. The van der Waals surface area contributed by atoms with Crippen molar-refractivity contribution in [3.63, 3.8) is 0 Å². The second-order valence-corrected chi connectivity index (χ2v) is 11.2. The molecule has 2 aliphatic rings. The summed E-state index contributed by atoms with van der Waals surface area (Å²) < 4.78 is 6.12. The molecule has 0 unspecified atom stereocenters. The van der Waals surface area contributed by atoms with Crippen molar-refractivity contribution in [2.75, 3.05) is 0 Å². The van der Waals surface area contributed by atoms with E-state index in [0.29, 0.717) is 0 Å². The fourth-order valence-corrected chi connectivity index (χ4v) is 7.57. The average molecular weight is 511 g/mol. The maximum absolute atomic E-state index is 6.12. The predicted molar refractivity (Wildman–Crippen MR) is 164 cm³/mol. The Bertz CT molecular complexity index is 2080. The van der Waals surface area contributed by atoms with E-state index in [1.807, 2.05) is 12.1 Å². The van der Waals surface area contributed by atoms with Gasteiger partial charge in [-0.15, -0.1) is 0 Å². The van der Waals surface area contributed by atoms with Gasteiger partial charge in [0.1, 0.15) is 11.2 Å². The van der Waals surface area contributed by atoms with Crippen molar-refractivity contribution in [1.82, 2.24) is 0 Å². The first-order valence-corrected chi connectivity index (χ1v) is 14.2. The van der Waals surface area contributed by atoms with Crippen LogP contribution in [0.15, 0.2) is 138 Å². The molecule has 0 aliphatic heterocycles. The molecule has 1 spiro atoms. The van der Waals surface area contributed by atoms with Crippen LogP contribution >= 0.6 is 0 Å². The summed E-state index contributed by atoms with van der Waals surface area (Å²) in [5.41, 5.74) is 15.2. The smallest absolute Gasteiger partial charge is 0.135 e. The van der Waals surface area contributed by atoms with Gasteiger partial charge in [-0.3, -0.25) is 0 Å². The van der Waals surface area contributed by atoms with Crippen LogP contribution in [0.4, 0.5) is 0 Å². The van der Waals surface area contributed by atoms with Gasteiger partial charge in [0.2, 0.25) is 0 Å². The van der Waals surface area contributed by atoms with Crippen molar-refractivity contribution in [2.24, 2.45) is 0 Å². The van der Waals surface area contributed by atoms with E-state index in [4.69, 9.17) is 4.42 Å². The summed E-state index contributed by atoms with van der Waals surface area (Å²) in [6, 6.07) is 49.4. The summed E-state index contributed by atoms with van der Waals surface area (Å²) in [4.78, 5) is 0. The van der Waals surface area contributed by atoms with Gasteiger partial charge in [-0.1, -0.05) is 109 Å². The first kappa shape index (κ1) is 22.0. The minimum absolute atomic E-state index is 0.321. The van der Waals surface area contributed by atoms with Gasteiger partial charge >= 0.3 is 0 Å². The summed E-state index contributed by atoms with van der Waals surface area (Å²) in [7, 11) is 0. The largest absolute Gasteiger partial charge is 0.456 e. The molecule has 0 fully saturated rings. The zero-order valence-corrected chi connectivity index (χ0v) is 22.0. The summed E-state index contributed by atoms with van der Waals surface area (Å²) in [6.45, 7) is 0. The monoisotopic (exact) mass is 510 g/mol. The average Bonchev–Trinajstić information content (AvgIpc) is 3.48. The summed E-state index contributed by atoms with van der Waals surface area (Å²) in [5.74, 6) is 0. The molecule has 9 rings (SSSR count). The van der Waals surface area contributed by atoms with Crippen LogP contribution in [-0.2, 0) is 18.3 Å². The highest BCUT2D eigenvalue weighted by Crippen LogP contribution is 2.58. The third-order valence-electron chi connectivity index (χ3n) is 9.26. The second-order valence-electron chi connectivity index (χ2n) is 11.2. The van der Waals surface area contributed by atoms with Gasteiger partial charge in [0, 0.05) is 10.8 Å². The van der Waals surface area contributed by atoms with Crippen molar-refractivity contribution in [3.05, 3.63) is 167 Å². The maximum Gasteiger partial charge on any atom is 0.135 e. The number of benzene rings is 6. The van der Waals surface area contributed by atoms with E-state index in [9.17, 15) is 0 Å². The van der Waals surface area contributed by atoms with E-state index in [2.05, 4.69) is 121 Å². The Hall–Kier alpha value is -4.88. The van der Waals surface area contributed by atoms with Crippen LogP contribution < -0.4 is 0 Å². The summed E-state index contributed by atoms with van der Waals surface area (Å²) in [5, 5.41) is 2.33. The third kappa shape index (κ3) is 2.82. The highest BCUT2D eigenvalue weighted by atomic mass is 16.3. The van der Waals surface area contributed by atoms with Crippen molar-refractivity contribution >= 4 is 21.9 Å². The van der Waals surface area contributed by atoms with E-state index >= 15 is 0 Å². The minimum atomic E-state index is -0.321. The molecule has 0 amide bonds. The van der Waals surface area contributed by atoms with E-state index < -0.39 is 0 Å². The van der Waals surface area contributed by atoms with Gasteiger partial charge in [-0.05, 0) is 92.7 Å². The van der Waals surface area contributed by atoms with Gasteiger partial charge < -0.3 is 4.42 Å². The molecule has 40 heavy (non-hydrogen) atoms. The predicted octanol–water partition coefficient (Wildman–Crippen LogP) is 9.71. The highest BCUT2D eigenvalue weighted by Gasteiger charge is 2.48. The Morgan fingerprint density at radius 2 is 1.00 bits per heavy atom. The first-order valence-electron chi connectivity index (χ1n) is 14.2. The lowest BCUT2D eigenvalue weighted by atomic mass is 9.66. The molecule has 0 saturated heterocycles. The molecular formula is C39H26O. The fraction of sp³-hybridized carbons (Fsp3) is 0.0769. The third-order valence-corrected chi connectivity index (χ3v) is 9.26. The fourth-order valence-electron chi connectivity index (χ4n) is 7.57. The van der Waals surface area contributed by atoms with Crippen molar-refractivity contribution in [3.8, 4) is 22.3 Å². The normalized spacial score (nSPS) is 14.5. The number of fused-ring (bicyclic) bond motifs is 12. The SMILES string of the molecule is c1ccc2c(c1)CCc1ccccc1C21c2ccccc2-c2cc(-c3ccc4oc5ccccc5c4c3)ccc21. The van der Waals surface area contributed by atoms with Crippen LogP contribution in [-0.4, -0.2) is 0 Å². The molecule has 188 valence electrons. The van der Waals surface area contributed by atoms with Crippen LogP contribution in [0.25, 0.3) is 44.2 Å². The van der Waals surface area contributed by atoms with Crippen LogP contribution in [0.2, 0.25) is 0 Å². The lowest BCUT2D eigenvalue weighted by Crippen LogP contribution is -2.29. The molecule has 0 N–H and O–H groups in total. The molecule has 6 aromatic carbocycles. The Morgan fingerprint density at radius 3 is 1.80 bits per heavy atom. The van der Waals surface area contributed by atoms with Crippen molar-refractivity contribution in [2.45, 2.75) is 18.3 Å². The van der Waals surface area contributed by atoms with Gasteiger partial charge in [0.25, 0.3) is 0 Å². The van der Waals surface area contributed by atoms with E-state index in [0.717, 1.165) is 34.8 Å². The number of rotatable bonds is 1. The molecule has 2 aliphatic carbocycles. The molecule has 1 heterocycles. The van der Waals surface area contributed by atoms with Crippen LogP contribution in [0.3, 0.4) is 0 Å². The maximum atomic E-state index is 6.12. The topological polar surface area (TPSA) is 13.1 Å². The molecule has 1 heteroatoms. The first-order chi connectivity index (χ1) is 19.8. The zero-order chi connectivity index (χ0) is 26.3. The second kappa shape index (κ2) is 8.07. The Kier molecular flexibility index (Phi) is 4.43. The van der Waals surface area contributed by atoms with Crippen LogP contribution in [0.5, 0.6) is 0 Å². The number of para-hydroxylation sites is 1. The lowest BCUT2D eigenvalue weighted by Gasteiger charge is -2.35. The van der Waals surface area contributed by atoms with Crippen molar-refractivity contribution in [1.29, 1.82) is 0 Å². The molecular weight excluding hydrogens is 484 g/mol. The van der Waals surface area contributed by atoms with Crippen molar-refractivity contribution < 1.29 is 4.42 Å². The lowest BCUT2D eigenvalue weighted by molar-refractivity contribution is 0.669. The zero-order valence-electron chi connectivity index (χ0n) is 22.0. The number of furan rings is 1. The highest BCUT2D eigenvalue weighted by molar-refractivity contribution is 6.06. The Balaban J connectivity index is 1.34. The van der Waals surface area contributed by atoms with Gasteiger partial charge in [0.05, 0.1) is 5.41 Å². The molecule has 7 aromatic rings. The van der Waals surface area contributed by atoms with E-state index in [-0.39, 0.29) is 5.41 Å². The van der Waals surface area contributed by atoms with Gasteiger partial charge in [-0.25, -0.2) is 0 Å². The standard InChI is InChI=1S/C39H26O/c1-5-13-33-25(9-1)17-18-26-10-2-6-14-34(26)39(33)35-15-7-3-11-29(35)31-23-27(19-21-36(31)39)28-20-22-38-32(24-28)30-12-4-8-16-37(30)40-38/h1-16,19-24H,17-18H2. The van der Waals surface area contributed by atoms with E-state index in [1.165, 1.54) is 55.6 Å². The number of hydrogen-bond acceptors (Lipinski definition) is 1. The minimum Gasteiger partial charge on any atom is -0.456 e. The molecule has 0 atom stereocenters. The van der Waals surface area contributed by atoms with Crippen LogP contribution in [0.1, 0.15) is 33.4 Å². The van der Waals surface area contributed by atoms with E-state index in [1.54, 1.807) is 0 Å². The molecule has 0 saturated carbocycles. The number of hydrogen-bond donors (Lipinski definition) is 0. The summed E-state index contributed by atoms with van der Waals surface area (Å²) >= 11 is 0. The summed E-state index contributed by atoms with van der Waals surface area (Å²) in [6.07, 6.45) is 2.12. The Morgan fingerprint density at radius 1 is 0.425 bits per heavy atom. The molecule has 0 bridgehead atoms. The molecule has 1 aromatic heterocycles. The Labute approximate surface area is 233 Å². The van der Waals surface area contributed by atoms with Crippen LogP contribution in [0, 0.1) is 0 Å². The molecule has 1 nitrogen and oxygen atoms in total. The number of aryl methyl sites for hydroxylation is 2.